The van der Waals surface area contributed by atoms with Crippen LogP contribution in [0.2, 0.25) is 0 Å². The average Bonchev–Trinajstić information content (AvgIpc) is 3.80. The summed E-state index contributed by atoms with van der Waals surface area (Å²) in [5.74, 6) is -1.14. The summed E-state index contributed by atoms with van der Waals surface area (Å²) >= 11 is 0. The molecule has 0 aliphatic heterocycles. The second kappa shape index (κ2) is 9.99. The highest BCUT2D eigenvalue weighted by Crippen LogP contribution is 2.50. The Hall–Kier alpha value is -3.69. The summed E-state index contributed by atoms with van der Waals surface area (Å²) in [5.41, 5.74) is 1.33. The zero-order valence-corrected chi connectivity index (χ0v) is 21.1. The minimum atomic E-state index is -0.770. The van der Waals surface area contributed by atoms with E-state index in [1.807, 2.05) is 13.8 Å². The quantitative estimate of drug-likeness (QED) is 0.424. The van der Waals surface area contributed by atoms with Crippen molar-refractivity contribution in [3.8, 4) is 11.1 Å². The number of H-pyrrole nitrogens is 1. The lowest BCUT2D eigenvalue weighted by Gasteiger charge is -2.25. The third-order valence-corrected chi connectivity index (χ3v) is 7.18. The van der Waals surface area contributed by atoms with Crippen molar-refractivity contribution in [2.24, 2.45) is 17.8 Å². The Morgan fingerprint density at radius 3 is 2.41 bits per heavy atom. The SMILES string of the molecule is Cc1ncc(F)cc1-c1ccc(NC(=O)[C@@H](NC(=O)c2ccnn2C(C)C)C(C2CC2)C2CC2)[nH+]c1F. The molecule has 2 amide bonds. The highest BCUT2D eigenvalue weighted by atomic mass is 19.1. The molecule has 2 aliphatic carbocycles. The van der Waals surface area contributed by atoms with E-state index in [4.69, 9.17) is 0 Å². The van der Waals surface area contributed by atoms with Gasteiger partial charge in [-0.25, -0.2) is 19.5 Å². The lowest BCUT2D eigenvalue weighted by molar-refractivity contribution is -0.404. The minimum absolute atomic E-state index is 0.0151. The Bertz CT molecular complexity index is 1320. The predicted molar refractivity (Wildman–Crippen MR) is 132 cm³/mol. The molecule has 1 atom stereocenters. The monoisotopic (exact) mass is 509 g/mol. The number of aryl methyl sites for hydroxylation is 1. The summed E-state index contributed by atoms with van der Waals surface area (Å²) in [6, 6.07) is 5.07. The third kappa shape index (κ3) is 5.38. The van der Waals surface area contributed by atoms with Crippen molar-refractivity contribution < 1.29 is 23.4 Å². The average molecular weight is 510 g/mol. The third-order valence-electron chi connectivity index (χ3n) is 7.18. The van der Waals surface area contributed by atoms with Gasteiger partial charge in [0.2, 0.25) is 0 Å². The molecule has 2 saturated carbocycles. The first kappa shape index (κ1) is 25.0. The lowest BCUT2D eigenvalue weighted by Crippen LogP contribution is -2.50. The van der Waals surface area contributed by atoms with Gasteiger partial charge in [0, 0.05) is 29.6 Å². The molecule has 3 heterocycles. The normalized spacial score (nSPS) is 16.2. The van der Waals surface area contributed by atoms with Gasteiger partial charge >= 0.3 is 5.91 Å². The van der Waals surface area contributed by atoms with Crippen molar-refractivity contribution >= 4 is 17.6 Å². The minimum Gasteiger partial charge on any atom is -0.337 e. The second-order valence-electron chi connectivity index (χ2n) is 10.3. The molecule has 2 fully saturated rings. The van der Waals surface area contributed by atoms with Crippen LogP contribution in [0, 0.1) is 36.4 Å². The Morgan fingerprint density at radius 1 is 1.08 bits per heavy atom. The number of halogens is 2. The van der Waals surface area contributed by atoms with Crippen LogP contribution in [0.4, 0.5) is 14.6 Å². The number of rotatable bonds is 9. The van der Waals surface area contributed by atoms with E-state index in [0.29, 0.717) is 28.8 Å². The summed E-state index contributed by atoms with van der Waals surface area (Å²) in [7, 11) is 0. The highest BCUT2D eigenvalue weighted by molar-refractivity contribution is 6.00. The predicted octanol–water partition coefficient (Wildman–Crippen LogP) is 4.10. The van der Waals surface area contributed by atoms with Gasteiger partial charge in [-0.1, -0.05) is 0 Å². The number of carbonyl (C=O) groups excluding carboxylic acids is 2. The van der Waals surface area contributed by atoms with E-state index >= 15 is 4.39 Å². The van der Waals surface area contributed by atoms with E-state index in [1.54, 1.807) is 23.9 Å². The molecule has 0 bridgehead atoms. The van der Waals surface area contributed by atoms with Crippen molar-refractivity contribution in [2.45, 2.75) is 58.5 Å². The van der Waals surface area contributed by atoms with E-state index < -0.39 is 23.7 Å². The topological polar surface area (TPSA) is 103 Å². The molecule has 0 saturated heterocycles. The van der Waals surface area contributed by atoms with E-state index in [2.05, 4.69) is 25.7 Å². The number of carbonyl (C=O) groups is 2. The van der Waals surface area contributed by atoms with Gasteiger partial charge in [-0.05, 0) is 82.4 Å². The van der Waals surface area contributed by atoms with Crippen LogP contribution in [0.3, 0.4) is 0 Å². The molecular formula is C27H31F2N6O2+. The van der Waals surface area contributed by atoms with Gasteiger partial charge in [-0.2, -0.15) is 9.49 Å². The van der Waals surface area contributed by atoms with Gasteiger partial charge in [-0.3, -0.25) is 14.5 Å². The van der Waals surface area contributed by atoms with Crippen molar-refractivity contribution in [1.29, 1.82) is 0 Å². The highest BCUT2D eigenvalue weighted by Gasteiger charge is 2.49. The molecular weight excluding hydrogens is 478 g/mol. The van der Waals surface area contributed by atoms with Gasteiger partial charge in [-0.15, -0.1) is 0 Å². The van der Waals surface area contributed by atoms with Crippen molar-refractivity contribution in [3.05, 3.63) is 59.8 Å². The van der Waals surface area contributed by atoms with Crippen LogP contribution in [0.25, 0.3) is 11.1 Å². The van der Waals surface area contributed by atoms with E-state index in [9.17, 15) is 14.0 Å². The Morgan fingerprint density at radius 2 is 1.78 bits per heavy atom. The molecule has 37 heavy (non-hydrogen) atoms. The van der Waals surface area contributed by atoms with Gasteiger partial charge in [0.1, 0.15) is 17.6 Å². The molecule has 3 aromatic heterocycles. The standard InChI is InChI=1S/C27H30F2N6O2/c1-14(2)35-21(10-11-31-35)26(36)34-24(23(16-4-5-16)17-6-7-17)27(37)33-22-9-8-19(25(29)32-22)20-12-18(28)13-30-15(20)3/h8-14,16-17,23-24H,4-7H2,1-3H3,(H,34,36)(H,32,33,37)/p+1/t24-/m0/s1. The number of pyridine rings is 2. The van der Waals surface area contributed by atoms with E-state index in [1.165, 1.54) is 18.2 Å². The number of nitrogens with zero attached hydrogens (tertiary/aromatic N) is 3. The largest absolute Gasteiger partial charge is 0.337 e. The smallest absolute Gasteiger partial charge is 0.330 e. The first-order chi connectivity index (χ1) is 17.7. The first-order valence-electron chi connectivity index (χ1n) is 12.7. The summed E-state index contributed by atoms with van der Waals surface area (Å²) in [5, 5.41) is 9.97. The number of amides is 2. The summed E-state index contributed by atoms with van der Waals surface area (Å²) in [4.78, 5) is 33.3. The number of aromatic amines is 1. The van der Waals surface area contributed by atoms with Crippen LogP contribution in [0.15, 0.2) is 36.7 Å². The summed E-state index contributed by atoms with van der Waals surface area (Å²) < 4.78 is 30.3. The molecule has 0 spiro atoms. The van der Waals surface area contributed by atoms with Crippen molar-refractivity contribution in [1.82, 2.24) is 20.1 Å². The zero-order valence-electron chi connectivity index (χ0n) is 21.1. The van der Waals surface area contributed by atoms with Crippen LogP contribution in [-0.4, -0.2) is 32.6 Å². The van der Waals surface area contributed by atoms with Crippen LogP contribution < -0.4 is 15.6 Å². The number of aromatic nitrogens is 4. The maximum atomic E-state index is 15.0. The fraction of sp³-hybridized carbons (Fsp3) is 0.444. The van der Waals surface area contributed by atoms with E-state index in [-0.39, 0.29) is 29.2 Å². The number of hydrogen-bond acceptors (Lipinski definition) is 4. The van der Waals surface area contributed by atoms with Gasteiger partial charge < -0.3 is 5.32 Å². The molecule has 2 aliphatic rings. The second-order valence-corrected chi connectivity index (χ2v) is 10.3. The molecule has 0 radical (unpaired) electrons. The molecule has 8 nitrogen and oxygen atoms in total. The molecule has 3 N–H and O–H groups in total. The Kier molecular flexibility index (Phi) is 6.74. The maximum Gasteiger partial charge on any atom is 0.330 e. The molecule has 5 rings (SSSR count). The van der Waals surface area contributed by atoms with E-state index in [0.717, 1.165) is 31.9 Å². The van der Waals surface area contributed by atoms with Crippen LogP contribution in [-0.2, 0) is 4.79 Å². The molecule has 0 aromatic carbocycles. The fourth-order valence-corrected chi connectivity index (χ4v) is 5.09. The lowest BCUT2D eigenvalue weighted by atomic mass is 9.88. The summed E-state index contributed by atoms with van der Waals surface area (Å²) in [6.07, 6.45) is 6.76. The van der Waals surface area contributed by atoms with Gasteiger partial charge in [0.05, 0.1) is 11.8 Å². The number of anilines is 1. The van der Waals surface area contributed by atoms with Crippen LogP contribution in [0.1, 0.15) is 61.8 Å². The molecule has 10 heteroatoms. The summed E-state index contributed by atoms with van der Waals surface area (Å²) in [6.45, 7) is 5.53. The molecule has 0 unspecified atom stereocenters. The zero-order chi connectivity index (χ0) is 26.3. The van der Waals surface area contributed by atoms with Crippen molar-refractivity contribution in [3.63, 3.8) is 0 Å². The fourth-order valence-electron chi connectivity index (χ4n) is 5.09. The van der Waals surface area contributed by atoms with Gasteiger partial charge in [0.25, 0.3) is 17.7 Å². The number of nitrogens with one attached hydrogen (secondary N) is 3. The Labute approximate surface area is 213 Å². The Balaban J connectivity index is 1.39. The first-order valence-corrected chi connectivity index (χ1v) is 12.7. The van der Waals surface area contributed by atoms with Crippen LogP contribution >= 0.6 is 0 Å². The van der Waals surface area contributed by atoms with Crippen molar-refractivity contribution in [2.75, 3.05) is 5.32 Å². The molecule has 3 aromatic rings. The maximum absolute atomic E-state index is 15.0. The van der Waals surface area contributed by atoms with Gasteiger partial charge in [0.15, 0.2) is 0 Å². The molecule has 194 valence electrons. The van der Waals surface area contributed by atoms with Crippen LogP contribution in [0.5, 0.6) is 0 Å². The number of hydrogen-bond donors (Lipinski definition) is 2.